The van der Waals surface area contributed by atoms with Gasteiger partial charge in [0.25, 0.3) is 0 Å². The van der Waals surface area contributed by atoms with Gasteiger partial charge in [-0.1, -0.05) is 0 Å². The molecule has 1 aliphatic rings. The fourth-order valence-corrected chi connectivity index (χ4v) is 2.24. The van der Waals surface area contributed by atoms with Gasteiger partial charge in [0, 0.05) is 19.7 Å². The Labute approximate surface area is 104 Å². The van der Waals surface area contributed by atoms with Crippen molar-refractivity contribution in [3.05, 3.63) is 35.1 Å². The second-order valence-corrected chi connectivity index (χ2v) is 4.80. The summed E-state index contributed by atoms with van der Waals surface area (Å²) in [6, 6.07) is 2.08. The lowest BCUT2D eigenvalue weighted by molar-refractivity contribution is 0.172. The van der Waals surface area contributed by atoms with Crippen LogP contribution < -0.4 is 0 Å². The lowest BCUT2D eigenvalue weighted by Gasteiger charge is -2.20. The summed E-state index contributed by atoms with van der Waals surface area (Å²) in [5, 5.41) is 0. The monoisotopic (exact) mass is 259 g/mol. The molecule has 0 radical (unpaired) electrons. The number of nitrogens with zero attached hydrogens (tertiary/aromatic N) is 1. The van der Waals surface area contributed by atoms with E-state index in [1.807, 2.05) is 11.9 Å². The molecule has 0 aromatic heterocycles. The van der Waals surface area contributed by atoms with Crippen LogP contribution in [0.3, 0.4) is 0 Å². The Kier molecular flexibility index (Phi) is 4.24. The Morgan fingerprint density at radius 3 is 2.50 bits per heavy atom. The normalized spacial score (nSPS) is 19.7. The van der Waals surface area contributed by atoms with Crippen LogP contribution in [0.1, 0.15) is 12.0 Å². The first-order chi connectivity index (χ1) is 8.56. The van der Waals surface area contributed by atoms with E-state index in [0.29, 0.717) is 18.0 Å². The van der Waals surface area contributed by atoms with Gasteiger partial charge in [-0.15, -0.1) is 0 Å². The standard InChI is InChI=1S/C13H16F3NO/c1-17(6-9-2-3-18-8-9)7-10-4-11(14)13(16)12(15)5-10/h4-5,9H,2-3,6-8H2,1H3. The van der Waals surface area contributed by atoms with Gasteiger partial charge in [0.2, 0.25) is 0 Å². The van der Waals surface area contributed by atoms with Gasteiger partial charge in [-0.05, 0) is 37.1 Å². The number of ether oxygens (including phenoxy) is 1. The molecule has 2 rings (SSSR count). The summed E-state index contributed by atoms with van der Waals surface area (Å²) in [5.41, 5.74) is 0.438. The second-order valence-electron chi connectivity index (χ2n) is 4.80. The van der Waals surface area contributed by atoms with Crippen molar-refractivity contribution in [3.63, 3.8) is 0 Å². The zero-order chi connectivity index (χ0) is 13.1. The SMILES string of the molecule is CN(Cc1cc(F)c(F)c(F)c1)CC1CCOC1. The number of halogens is 3. The maximum Gasteiger partial charge on any atom is 0.194 e. The van der Waals surface area contributed by atoms with Crippen LogP contribution >= 0.6 is 0 Å². The van der Waals surface area contributed by atoms with Gasteiger partial charge >= 0.3 is 0 Å². The van der Waals surface area contributed by atoms with E-state index in [0.717, 1.165) is 38.3 Å². The predicted molar refractivity (Wildman–Crippen MR) is 61.6 cm³/mol. The number of benzene rings is 1. The Morgan fingerprint density at radius 1 is 1.28 bits per heavy atom. The highest BCUT2D eigenvalue weighted by atomic mass is 19.2. The summed E-state index contributed by atoms with van der Waals surface area (Å²) in [6.45, 7) is 2.71. The lowest BCUT2D eigenvalue weighted by atomic mass is 10.1. The molecular formula is C13H16F3NO. The first kappa shape index (κ1) is 13.4. The zero-order valence-corrected chi connectivity index (χ0v) is 10.3. The Hall–Kier alpha value is -1.07. The van der Waals surface area contributed by atoms with Crippen LogP contribution in [0.15, 0.2) is 12.1 Å². The summed E-state index contributed by atoms with van der Waals surface area (Å²) in [6.07, 6.45) is 1.01. The molecular weight excluding hydrogens is 243 g/mol. The van der Waals surface area contributed by atoms with Gasteiger partial charge in [-0.25, -0.2) is 13.2 Å². The van der Waals surface area contributed by atoms with Crippen LogP contribution in [0.4, 0.5) is 13.2 Å². The number of hydrogen-bond acceptors (Lipinski definition) is 2. The van der Waals surface area contributed by atoms with Gasteiger partial charge in [0.15, 0.2) is 17.5 Å². The molecule has 1 saturated heterocycles. The van der Waals surface area contributed by atoms with E-state index < -0.39 is 17.5 Å². The van der Waals surface area contributed by atoms with Crippen molar-refractivity contribution in [2.45, 2.75) is 13.0 Å². The predicted octanol–water partition coefficient (Wildman–Crippen LogP) is 2.57. The van der Waals surface area contributed by atoms with Crippen molar-refractivity contribution in [1.82, 2.24) is 4.90 Å². The topological polar surface area (TPSA) is 12.5 Å². The quantitative estimate of drug-likeness (QED) is 0.771. The summed E-state index contributed by atoms with van der Waals surface area (Å²) in [5.74, 6) is -3.22. The minimum absolute atomic E-state index is 0.393. The molecule has 1 aromatic rings. The van der Waals surface area contributed by atoms with E-state index in [2.05, 4.69) is 0 Å². The fraction of sp³-hybridized carbons (Fsp3) is 0.538. The van der Waals surface area contributed by atoms with Crippen molar-refractivity contribution in [2.24, 2.45) is 5.92 Å². The highest BCUT2D eigenvalue weighted by Gasteiger charge is 2.18. The fourth-order valence-electron chi connectivity index (χ4n) is 2.24. The second kappa shape index (κ2) is 5.71. The molecule has 2 nitrogen and oxygen atoms in total. The van der Waals surface area contributed by atoms with Gasteiger partial charge in [0.05, 0.1) is 6.61 Å². The van der Waals surface area contributed by atoms with E-state index in [1.165, 1.54) is 0 Å². The largest absolute Gasteiger partial charge is 0.381 e. The molecule has 0 saturated carbocycles. The molecule has 1 heterocycles. The molecule has 1 atom stereocenters. The van der Waals surface area contributed by atoms with E-state index in [-0.39, 0.29) is 0 Å². The average Bonchev–Trinajstić information content (AvgIpc) is 2.78. The van der Waals surface area contributed by atoms with Gasteiger partial charge in [0.1, 0.15) is 0 Å². The highest BCUT2D eigenvalue weighted by molar-refractivity contribution is 5.19. The van der Waals surface area contributed by atoms with E-state index in [9.17, 15) is 13.2 Å². The number of rotatable bonds is 4. The Balaban J connectivity index is 1.95. The lowest BCUT2D eigenvalue weighted by Crippen LogP contribution is -2.25. The highest BCUT2D eigenvalue weighted by Crippen LogP contribution is 2.17. The van der Waals surface area contributed by atoms with Crippen LogP contribution in [-0.2, 0) is 11.3 Å². The zero-order valence-electron chi connectivity index (χ0n) is 10.3. The Bertz CT molecular complexity index is 396. The molecule has 100 valence electrons. The molecule has 0 N–H and O–H groups in total. The molecule has 0 bridgehead atoms. The maximum atomic E-state index is 13.0. The van der Waals surface area contributed by atoms with E-state index in [1.54, 1.807) is 0 Å². The molecule has 1 aliphatic heterocycles. The molecule has 0 spiro atoms. The molecule has 0 aliphatic carbocycles. The summed E-state index contributed by atoms with van der Waals surface area (Å²) in [4.78, 5) is 1.96. The van der Waals surface area contributed by atoms with Crippen molar-refractivity contribution in [3.8, 4) is 0 Å². The average molecular weight is 259 g/mol. The van der Waals surface area contributed by atoms with Crippen molar-refractivity contribution < 1.29 is 17.9 Å². The van der Waals surface area contributed by atoms with Crippen LogP contribution in [-0.4, -0.2) is 31.7 Å². The molecule has 5 heteroatoms. The molecule has 1 unspecified atom stereocenters. The molecule has 1 fully saturated rings. The Morgan fingerprint density at radius 2 is 1.94 bits per heavy atom. The van der Waals surface area contributed by atoms with Crippen molar-refractivity contribution in [2.75, 3.05) is 26.8 Å². The van der Waals surface area contributed by atoms with Crippen LogP contribution in [0, 0.1) is 23.4 Å². The summed E-state index contributed by atoms with van der Waals surface area (Å²) in [7, 11) is 1.87. The van der Waals surface area contributed by atoms with Gasteiger partial charge in [-0.2, -0.15) is 0 Å². The smallest absolute Gasteiger partial charge is 0.194 e. The summed E-state index contributed by atoms with van der Waals surface area (Å²) >= 11 is 0. The van der Waals surface area contributed by atoms with Crippen molar-refractivity contribution >= 4 is 0 Å². The van der Waals surface area contributed by atoms with Crippen molar-refractivity contribution in [1.29, 1.82) is 0 Å². The van der Waals surface area contributed by atoms with Crippen LogP contribution in [0.2, 0.25) is 0 Å². The first-order valence-corrected chi connectivity index (χ1v) is 5.96. The van der Waals surface area contributed by atoms with Crippen LogP contribution in [0.25, 0.3) is 0 Å². The molecule has 1 aromatic carbocycles. The van der Waals surface area contributed by atoms with Crippen LogP contribution in [0.5, 0.6) is 0 Å². The maximum absolute atomic E-state index is 13.0. The molecule has 0 amide bonds. The third-order valence-electron chi connectivity index (χ3n) is 3.09. The first-order valence-electron chi connectivity index (χ1n) is 5.96. The van der Waals surface area contributed by atoms with E-state index >= 15 is 0 Å². The summed E-state index contributed by atoms with van der Waals surface area (Å²) < 4.78 is 44.1. The molecule has 18 heavy (non-hydrogen) atoms. The minimum Gasteiger partial charge on any atom is -0.381 e. The van der Waals surface area contributed by atoms with Gasteiger partial charge < -0.3 is 9.64 Å². The van der Waals surface area contributed by atoms with E-state index in [4.69, 9.17) is 4.74 Å². The number of hydrogen-bond donors (Lipinski definition) is 0. The third-order valence-corrected chi connectivity index (χ3v) is 3.09. The van der Waals surface area contributed by atoms with Gasteiger partial charge in [-0.3, -0.25) is 0 Å². The minimum atomic E-state index is -1.41. The third kappa shape index (κ3) is 3.23.